The Bertz CT molecular complexity index is 559. The minimum Gasteiger partial charge on any atom is -0.398 e. The second-order valence-electron chi connectivity index (χ2n) is 5.68. The molecule has 0 aliphatic carbocycles. The van der Waals surface area contributed by atoms with Crippen molar-refractivity contribution >= 4 is 15.7 Å². The zero-order valence-corrected chi connectivity index (χ0v) is 14.6. The third kappa shape index (κ3) is 3.98. The van der Waals surface area contributed by atoms with Crippen LogP contribution in [-0.2, 0) is 10.0 Å². The van der Waals surface area contributed by atoms with Crippen LogP contribution in [0.25, 0.3) is 0 Å². The summed E-state index contributed by atoms with van der Waals surface area (Å²) < 4.78 is 27.5. The lowest BCUT2D eigenvalue weighted by Crippen LogP contribution is -2.39. The van der Waals surface area contributed by atoms with E-state index in [1.165, 1.54) is 0 Å². The van der Waals surface area contributed by atoms with E-state index in [1.807, 2.05) is 27.7 Å². The number of nitrogens with zero attached hydrogens (tertiary/aromatic N) is 1. The van der Waals surface area contributed by atoms with Gasteiger partial charge < -0.3 is 5.73 Å². The minimum atomic E-state index is -3.49. The first-order valence-electron chi connectivity index (χ1n) is 7.64. The molecule has 1 aromatic carbocycles. The van der Waals surface area contributed by atoms with Gasteiger partial charge in [-0.05, 0) is 56.9 Å². The van der Waals surface area contributed by atoms with Crippen LogP contribution in [0.15, 0.2) is 17.0 Å². The van der Waals surface area contributed by atoms with Gasteiger partial charge in [0.05, 0.1) is 4.90 Å². The molecular weight excluding hydrogens is 284 g/mol. The lowest BCUT2D eigenvalue weighted by molar-refractivity contribution is 0.324. The lowest BCUT2D eigenvalue weighted by Gasteiger charge is -2.28. The Morgan fingerprint density at radius 2 is 1.86 bits per heavy atom. The molecule has 1 atom stereocenters. The van der Waals surface area contributed by atoms with Crippen molar-refractivity contribution in [2.24, 2.45) is 0 Å². The molecule has 1 aromatic rings. The average Bonchev–Trinajstić information content (AvgIpc) is 2.43. The van der Waals surface area contributed by atoms with E-state index < -0.39 is 10.0 Å². The summed E-state index contributed by atoms with van der Waals surface area (Å²) in [4.78, 5) is 0.305. The van der Waals surface area contributed by atoms with Gasteiger partial charge in [-0.25, -0.2) is 8.42 Å². The maximum Gasteiger partial charge on any atom is 0.243 e. The van der Waals surface area contributed by atoms with Gasteiger partial charge in [0.15, 0.2) is 0 Å². The SMILES string of the molecule is CCCCN(C(C)CC)S(=O)(=O)c1cc(C)c(C)c(N)c1. The molecule has 0 heterocycles. The van der Waals surface area contributed by atoms with E-state index >= 15 is 0 Å². The van der Waals surface area contributed by atoms with Crippen LogP contribution in [0.2, 0.25) is 0 Å². The highest BCUT2D eigenvalue weighted by Gasteiger charge is 2.28. The normalized spacial score (nSPS) is 13.6. The molecule has 2 N–H and O–H groups in total. The standard InChI is InChI=1S/C16H28N2O2S/c1-6-8-9-18(13(4)7-2)21(19,20)15-10-12(3)14(5)16(17)11-15/h10-11,13H,6-9,17H2,1-5H3. The van der Waals surface area contributed by atoms with Gasteiger partial charge in [-0.1, -0.05) is 20.3 Å². The molecule has 0 aromatic heterocycles. The van der Waals surface area contributed by atoms with Crippen molar-refractivity contribution < 1.29 is 8.42 Å². The Labute approximate surface area is 129 Å². The number of rotatable bonds is 7. The fourth-order valence-corrected chi connectivity index (χ4v) is 4.10. The van der Waals surface area contributed by atoms with Crippen LogP contribution in [0.5, 0.6) is 0 Å². The zero-order chi connectivity index (χ0) is 16.2. The fourth-order valence-electron chi connectivity index (χ4n) is 2.23. The summed E-state index contributed by atoms with van der Waals surface area (Å²) in [6.45, 7) is 10.4. The van der Waals surface area contributed by atoms with Crippen molar-refractivity contribution in [3.8, 4) is 0 Å². The van der Waals surface area contributed by atoms with Crippen LogP contribution in [-0.4, -0.2) is 25.3 Å². The van der Waals surface area contributed by atoms with Gasteiger partial charge in [-0.3, -0.25) is 0 Å². The summed E-state index contributed by atoms with van der Waals surface area (Å²) in [5, 5.41) is 0. The maximum atomic E-state index is 12.9. The Kier molecular flexibility index (Phi) is 6.23. The quantitative estimate of drug-likeness (QED) is 0.784. The highest BCUT2D eigenvalue weighted by Crippen LogP contribution is 2.26. The van der Waals surface area contributed by atoms with Crippen molar-refractivity contribution in [1.82, 2.24) is 4.31 Å². The molecule has 21 heavy (non-hydrogen) atoms. The third-order valence-corrected chi connectivity index (χ3v) is 6.09. The van der Waals surface area contributed by atoms with Crippen LogP contribution in [0.3, 0.4) is 0 Å². The van der Waals surface area contributed by atoms with E-state index in [1.54, 1.807) is 16.4 Å². The van der Waals surface area contributed by atoms with Crippen LogP contribution >= 0.6 is 0 Å². The molecule has 5 heteroatoms. The van der Waals surface area contributed by atoms with E-state index in [2.05, 4.69) is 6.92 Å². The Balaban J connectivity index is 3.28. The first-order chi connectivity index (χ1) is 9.75. The lowest BCUT2D eigenvalue weighted by atomic mass is 10.1. The van der Waals surface area contributed by atoms with Crippen molar-refractivity contribution in [2.45, 2.75) is 64.8 Å². The molecule has 0 fully saturated rings. The first kappa shape index (κ1) is 18.0. The van der Waals surface area contributed by atoms with Gasteiger partial charge in [-0.2, -0.15) is 4.31 Å². The van der Waals surface area contributed by atoms with Gasteiger partial charge in [0, 0.05) is 18.3 Å². The highest BCUT2D eigenvalue weighted by atomic mass is 32.2. The van der Waals surface area contributed by atoms with Crippen LogP contribution < -0.4 is 5.73 Å². The molecule has 1 rings (SSSR count). The Morgan fingerprint density at radius 1 is 1.24 bits per heavy atom. The van der Waals surface area contributed by atoms with E-state index in [0.717, 1.165) is 30.4 Å². The van der Waals surface area contributed by atoms with Crippen molar-refractivity contribution in [1.29, 1.82) is 0 Å². The topological polar surface area (TPSA) is 63.4 Å². The Morgan fingerprint density at radius 3 is 2.33 bits per heavy atom. The monoisotopic (exact) mass is 312 g/mol. The number of aryl methyl sites for hydroxylation is 1. The number of anilines is 1. The van der Waals surface area contributed by atoms with Gasteiger partial charge in [0.2, 0.25) is 10.0 Å². The number of unbranched alkanes of at least 4 members (excludes halogenated alkanes) is 1. The fraction of sp³-hybridized carbons (Fsp3) is 0.625. The van der Waals surface area contributed by atoms with Gasteiger partial charge in [0.1, 0.15) is 0 Å². The molecule has 0 aliphatic heterocycles. The molecule has 0 saturated heterocycles. The number of nitrogens with two attached hydrogens (primary N) is 1. The van der Waals surface area contributed by atoms with E-state index in [4.69, 9.17) is 5.73 Å². The second-order valence-corrected chi connectivity index (χ2v) is 7.57. The van der Waals surface area contributed by atoms with E-state index in [0.29, 0.717) is 17.1 Å². The second kappa shape index (κ2) is 7.27. The van der Waals surface area contributed by atoms with E-state index in [9.17, 15) is 8.42 Å². The summed E-state index contributed by atoms with van der Waals surface area (Å²) in [5.41, 5.74) is 8.33. The van der Waals surface area contributed by atoms with Crippen molar-refractivity contribution in [3.63, 3.8) is 0 Å². The molecule has 1 unspecified atom stereocenters. The number of hydrogen-bond donors (Lipinski definition) is 1. The number of hydrogen-bond acceptors (Lipinski definition) is 3. The summed E-state index contributed by atoms with van der Waals surface area (Å²) in [6, 6.07) is 3.30. The van der Waals surface area contributed by atoms with Crippen LogP contribution in [0, 0.1) is 13.8 Å². The molecule has 0 spiro atoms. The van der Waals surface area contributed by atoms with Gasteiger partial charge in [0.25, 0.3) is 0 Å². The van der Waals surface area contributed by atoms with Crippen molar-refractivity contribution in [2.75, 3.05) is 12.3 Å². The van der Waals surface area contributed by atoms with Crippen molar-refractivity contribution in [3.05, 3.63) is 23.3 Å². The molecule has 0 saturated carbocycles. The highest BCUT2D eigenvalue weighted by molar-refractivity contribution is 7.89. The van der Waals surface area contributed by atoms with E-state index in [-0.39, 0.29) is 6.04 Å². The number of sulfonamides is 1. The number of nitrogen functional groups attached to an aromatic ring is 1. The first-order valence-corrected chi connectivity index (χ1v) is 9.08. The largest absolute Gasteiger partial charge is 0.398 e. The number of benzene rings is 1. The molecule has 4 nitrogen and oxygen atoms in total. The molecule has 0 bridgehead atoms. The molecule has 0 amide bonds. The zero-order valence-electron chi connectivity index (χ0n) is 13.8. The van der Waals surface area contributed by atoms with Gasteiger partial charge >= 0.3 is 0 Å². The third-order valence-electron chi connectivity index (χ3n) is 4.10. The summed E-state index contributed by atoms with van der Waals surface area (Å²) in [7, 11) is -3.49. The Hall–Kier alpha value is -1.07. The smallest absolute Gasteiger partial charge is 0.243 e. The van der Waals surface area contributed by atoms with Gasteiger partial charge in [-0.15, -0.1) is 0 Å². The maximum absolute atomic E-state index is 12.9. The summed E-state index contributed by atoms with van der Waals surface area (Å²) in [5.74, 6) is 0. The summed E-state index contributed by atoms with van der Waals surface area (Å²) >= 11 is 0. The average molecular weight is 312 g/mol. The summed E-state index contributed by atoms with van der Waals surface area (Å²) in [6.07, 6.45) is 2.63. The molecular formula is C16H28N2O2S. The predicted molar refractivity (Wildman–Crippen MR) is 88.9 cm³/mol. The molecule has 0 radical (unpaired) electrons. The molecule has 120 valence electrons. The predicted octanol–water partition coefficient (Wildman–Crippen LogP) is 3.47. The van der Waals surface area contributed by atoms with Crippen LogP contribution in [0.1, 0.15) is 51.2 Å². The van der Waals surface area contributed by atoms with Crippen LogP contribution in [0.4, 0.5) is 5.69 Å². The minimum absolute atomic E-state index is 0.00983. The molecule has 0 aliphatic rings.